The van der Waals surface area contributed by atoms with E-state index in [9.17, 15) is 10.1 Å². The molecule has 1 aliphatic rings. The SMILES string of the molecule is Cc1cc(C2CN(C)CCO2)ccc1[N+](=O)[O-]. The smallest absolute Gasteiger partial charge is 0.272 e. The first-order valence-corrected chi connectivity index (χ1v) is 5.63. The van der Waals surface area contributed by atoms with Gasteiger partial charge in [-0.05, 0) is 31.7 Å². The lowest BCUT2D eigenvalue weighted by Crippen LogP contribution is -2.35. The summed E-state index contributed by atoms with van der Waals surface area (Å²) in [5, 5.41) is 10.7. The first-order valence-electron chi connectivity index (χ1n) is 5.63. The molecule has 1 atom stereocenters. The zero-order valence-corrected chi connectivity index (χ0v) is 10.0. The van der Waals surface area contributed by atoms with Crippen LogP contribution in [0.5, 0.6) is 0 Å². The third-order valence-electron chi connectivity index (χ3n) is 3.06. The Morgan fingerprint density at radius 1 is 1.53 bits per heavy atom. The molecule has 0 radical (unpaired) electrons. The Kier molecular flexibility index (Phi) is 3.40. The van der Waals surface area contributed by atoms with Crippen LogP contribution in [0.25, 0.3) is 0 Å². The molecule has 1 aromatic carbocycles. The molecule has 92 valence electrons. The molecule has 1 aromatic rings. The van der Waals surface area contributed by atoms with E-state index in [1.165, 1.54) is 0 Å². The standard InChI is InChI=1S/C12H16N2O3/c1-9-7-10(3-4-11(9)14(15)16)12-8-13(2)5-6-17-12/h3-4,7,12H,5-6,8H2,1-2H3. The second-order valence-corrected chi connectivity index (χ2v) is 4.42. The number of morpholine rings is 1. The highest BCUT2D eigenvalue weighted by Gasteiger charge is 2.21. The zero-order chi connectivity index (χ0) is 12.4. The summed E-state index contributed by atoms with van der Waals surface area (Å²) < 4.78 is 5.68. The predicted molar refractivity (Wildman–Crippen MR) is 64.0 cm³/mol. The minimum absolute atomic E-state index is 0.0215. The number of hydrogen-bond acceptors (Lipinski definition) is 4. The average Bonchev–Trinajstić information content (AvgIpc) is 2.28. The zero-order valence-electron chi connectivity index (χ0n) is 10.0. The number of likely N-dealkylation sites (N-methyl/N-ethyl adjacent to an activating group) is 1. The van der Waals surface area contributed by atoms with E-state index in [1.54, 1.807) is 19.1 Å². The highest BCUT2D eigenvalue weighted by molar-refractivity contribution is 5.42. The Labute approximate surface area is 100 Å². The minimum atomic E-state index is -0.354. The van der Waals surface area contributed by atoms with Crippen molar-refractivity contribution < 1.29 is 9.66 Å². The van der Waals surface area contributed by atoms with Crippen molar-refractivity contribution in [3.05, 3.63) is 39.4 Å². The van der Waals surface area contributed by atoms with E-state index in [0.717, 1.165) is 18.7 Å². The van der Waals surface area contributed by atoms with Gasteiger partial charge in [0.2, 0.25) is 0 Å². The monoisotopic (exact) mass is 236 g/mol. The summed E-state index contributed by atoms with van der Waals surface area (Å²) >= 11 is 0. The average molecular weight is 236 g/mol. The highest BCUT2D eigenvalue weighted by Crippen LogP contribution is 2.26. The topological polar surface area (TPSA) is 55.6 Å². The normalized spacial score (nSPS) is 21.4. The summed E-state index contributed by atoms with van der Waals surface area (Å²) in [5.41, 5.74) is 1.86. The Morgan fingerprint density at radius 3 is 2.88 bits per heavy atom. The van der Waals surface area contributed by atoms with Crippen LogP contribution in [-0.4, -0.2) is 36.6 Å². The van der Waals surface area contributed by atoms with Crippen LogP contribution in [0.3, 0.4) is 0 Å². The fourth-order valence-electron chi connectivity index (χ4n) is 2.06. The van der Waals surface area contributed by atoms with Gasteiger partial charge in [-0.3, -0.25) is 10.1 Å². The molecule has 1 aliphatic heterocycles. The molecule has 0 amide bonds. The van der Waals surface area contributed by atoms with Crippen LogP contribution in [0.15, 0.2) is 18.2 Å². The summed E-state index contributed by atoms with van der Waals surface area (Å²) in [7, 11) is 2.05. The number of benzene rings is 1. The summed E-state index contributed by atoms with van der Waals surface area (Å²) in [6.07, 6.45) is 0.0215. The molecular weight excluding hydrogens is 220 g/mol. The molecule has 0 aliphatic carbocycles. The molecule has 0 spiro atoms. The molecule has 2 rings (SSSR count). The van der Waals surface area contributed by atoms with Crippen LogP contribution in [0.2, 0.25) is 0 Å². The van der Waals surface area contributed by atoms with E-state index in [2.05, 4.69) is 4.90 Å². The number of nitro benzene ring substituents is 1. The van der Waals surface area contributed by atoms with E-state index in [0.29, 0.717) is 12.2 Å². The van der Waals surface area contributed by atoms with Crippen molar-refractivity contribution >= 4 is 5.69 Å². The van der Waals surface area contributed by atoms with Crippen LogP contribution in [0, 0.1) is 17.0 Å². The number of nitrogens with zero attached hydrogens (tertiary/aromatic N) is 2. The maximum Gasteiger partial charge on any atom is 0.272 e. The van der Waals surface area contributed by atoms with Crippen molar-refractivity contribution in [3.63, 3.8) is 0 Å². The molecule has 1 heterocycles. The number of hydrogen-bond donors (Lipinski definition) is 0. The molecule has 0 bridgehead atoms. The predicted octanol–water partition coefficient (Wildman–Crippen LogP) is 1.91. The maximum absolute atomic E-state index is 10.7. The van der Waals surface area contributed by atoms with Crippen LogP contribution in [0.4, 0.5) is 5.69 Å². The van der Waals surface area contributed by atoms with Gasteiger partial charge < -0.3 is 9.64 Å². The lowest BCUT2D eigenvalue weighted by atomic mass is 10.0. The first kappa shape index (κ1) is 12.0. The van der Waals surface area contributed by atoms with Crippen LogP contribution in [0.1, 0.15) is 17.2 Å². The van der Waals surface area contributed by atoms with Gasteiger partial charge in [-0.1, -0.05) is 0 Å². The summed E-state index contributed by atoms with van der Waals surface area (Å²) in [4.78, 5) is 12.6. The van der Waals surface area contributed by atoms with Crippen LogP contribution in [-0.2, 0) is 4.74 Å². The molecule has 17 heavy (non-hydrogen) atoms. The van der Waals surface area contributed by atoms with Gasteiger partial charge in [0.15, 0.2) is 0 Å². The van der Waals surface area contributed by atoms with Gasteiger partial charge >= 0.3 is 0 Å². The van der Waals surface area contributed by atoms with Gasteiger partial charge in [-0.25, -0.2) is 0 Å². The summed E-state index contributed by atoms with van der Waals surface area (Å²) in [6, 6.07) is 5.19. The third-order valence-corrected chi connectivity index (χ3v) is 3.06. The Morgan fingerprint density at radius 2 is 2.29 bits per heavy atom. The van der Waals surface area contributed by atoms with Crippen molar-refractivity contribution in [2.45, 2.75) is 13.0 Å². The van der Waals surface area contributed by atoms with Crippen molar-refractivity contribution in [1.82, 2.24) is 4.90 Å². The molecule has 5 nitrogen and oxygen atoms in total. The maximum atomic E-state index is 10.7. The number of ether oxygens (including phenoxy) is 1. The molecule has 1 saturated heterocycles. The van der Waals surface area contributed by atoms with E-state index in [-0.39, 0.29) is 16.7 Å². The van der Waals surface area contributed by atoms with E-state index in [1.807, 2.05) is 13.1 Å². The number of aryl methyl sites for hydroxylation is 1. The van der Waals surface area contributed by atoms with Gasteiger partial charge in [0, 0.05) is 24.7 Å². The van der Waals surface area contributed by atoms with Gasteiger partial charge in [0.05, 0.1) is 17.6 Å². The lowest BCUT2D eigenvalue weighted by Gasteiger charge is -2.30. The summed E-state index contributed by atoms with van der Waals surface area (Å²) in [5.74, 6) is 0. The summed E-state index contributed by atoms with van der Waals surface area (Å²) in [6.45, 7) is 4.23. The molecule has 0 N–H and O–H groups in total. The van der Waals surface area contributed by atoms with Crippen molar-refractivity contribution in [2.75, 3.05) is 26.7 Å². The Balaban J connectivity index is 2.22. The van der Waals surface area contributed by atoms with Gasteiger partial charge in [-0.15, -0.1) is 0 Å². The molecular formula is C12H16N2O3. The van der Waals surface area contributed by atoms with Gasteiger partial charge in [-0.2, -0.15) is 0 Å². The fourth-order valence-corrected chi connectivity index (χ4v) is 2.06. The van der Waals surface area contributed by atoms with E-state index >= 15 is 0 Å². The molecule has 5 heteroatoms. The van der Waals surface area contributed by atoms with Gasteiger partial charge in [0.1, 0.15) is 0 Å². The van der Waals surface area contributed by atoms with Gasteiger partial charge in [0.25, 0.3) is 5.69 Å². The van der Waals surface area contributed by atoms with Crippen molar-refractivity contribution in [1.29, 1.82) is 0 Å². The lowest BCUT2D eigenvalue weighted by molar-refractivity contribution is -0.385. The Hall–Kier alpha value is -1.46. The van der Waals surface area contributed by atoms with E-state index in [4.69, 9.17) is 4.74 Å². The largest absolute Gasteiger partial charge is 0.371 e. The molecule has 0 aromatic heterocycles. The highest BCUT2D eigenvalue weighted by atomic mass is 16.6. The minimum Gasteiger partial charge on any atom is -0.371 e. The van der Waals surface area contributed by atoms with Crippen LogP contribution < -0.4 is 0 Å². The fraction of sp³-hybridized carbons (Fsp3) is 0.500. The van der Waals surface area contributed by atoms with Crippen molar-refractivity contribution in [3.8, 4) is 0 Å². The molecule has 0 saturated carbocycles. The van der Waals surface area contributed by atoms with Crippen LogP contribution >= 0.6 is 0 Å². The number of nitro groups is 1. The Bertz CT molecular complexity index is 434. The van der Waals surface area contributed by atoms with E-state index < -0.39 is 0 Å². The number of rotatable bonds is 2. The second kappa shape index (κ2) is 4.81. The third kappa shape index (κ3) is 2.62. The van der Waals surface area contributed by atoms with Crippen molar-refractivity contribution in [2.24, 2.45) is 0 Å². The molecule has 1 unspecified atom stereocenters. The second-order valence-electron chi connectivity index (χ2n) is 4.42. The quantitative estimate of drug-likeness (QED) is 0.581. The molecule has 1 fully saturated rings. The first-order chi connectivity index (χ1) is 8.08.